The van der Waals surface area contributed by atoms with Crippen LogP contribution < -0.4 is 5.73 Å². The molecule has 0 aliphatic carbocycles. The molecule has 2 unspecified atom stereocenters. The number of benzene rings is 1. The van der Waals surface area contributed by atoms with E-state index in [1.165, 1.54) is 0 Å². The third-order valence-corrected chi connectivity index (χ3v) is 4.30. The molecule has 0 bridgehead atoms. The Kier molecular flexibility index (Phi) is 4.16. The molecule has 2 atom stereocenters. The summed E-state index contributed by atoms with van der Waals surface area (Å²) in [4.78, 5) is 0. The summed E-state index contributed by atoms with van der Waals surface area (Å²) in [6.07, 6.45) is 1.66. The lowest BCUT2D eigenvalue weighted by Gasteiger charge is -2.10. The number of rotatable bonds is 4. The van der Waals surface area contributed by atoms with Gasteiger partial charge in [0.15, 0.2) is 5.82 Å². The molecule has 0 radical (unpaired) electrons. The van der Waals surface area contributed by atoms with Crippen LogP contribution in [0.3, 0.4) is 0 Å². The van der Waals surface area contributed by atoms with E-state index in [1.54, 1.807) is 29.1 Å². The average molecular weight is 300 g/mol. The van der Waals surface area contributed by atoms with Crippen LogP contribution in [0.15, 0.2) is 18.2 Å². The highest BCUT2D eigenvalue weighted by molar-refractivity contribution is 7.84. The van der Waals surface area contributed by atoms with Crippen molar-refractivity contribution in [3.05, 3.63) is 23.2 Å². The van der Waals surface area contributed by atoms with Crippen molar-refractivity contribution in [1.29, 1.82) is 0 Å². The maximum Gasteiger partial charge on any atom is 0.184 e. The van der Waals surface area contributed by atoms with Crippen molar-refractivity contribution in [3.8, 4) is 11.4 Å². The quantitative estimate of drug-likeness (QED) is 0.861. The Morgan fingerprint density at radius 3 is 2.89 bits per heavy atom. The number of halogens is 1. The predicted molar refractivity (Wildman–Crippen MR) is 76.2 cm³/mol. The van der Waals surface area contributed by atoms with Crippen molar-refractivity contribution >= 4 is 28.1 Å². The molecule has 0 amide bonds. The minimum Gasteiger partial charge on any atom is -0.398 e. The predicted octanol–water partition coefficient (Wildman–Crippen LogP) is 1.34. The summed E-state index contributed by atoms with van der Waals surface area (Å²) in [5.41, 5.74) is 7.14. The smallest absolute Gasteiger partial charge is 0.184 e. The molecule has 0 fully saturated rings. The van der Waals surface area contributed by atoms with E-state index >= 15 is 0 Å². The van der Waals surface area contributed by atoms with Gasteiger partial charge in [0.25, 0.3) is 0 Å². The Hall–Kier alpha value is -1.47. The molecule has 0 aliphatic rings. The van der Waals surface area contributed by atoms with E-state index in [2.05, 4.69) is 15.5 Å². The van der Waals surface area contributed by atoms with Gasteiger partial charge in [-0.25, -0.2) is 4.68 Å². The van der Waals surface area contributed by atoms with Crippen molar-refractivity contribution in [2.24, 2.45) is 0 Å². The minimum atomic E-state index is -0.937. The van der Waals surface area contributed by atoms with E-state index in [-0.39, 0.29) is 5.25 Å². The van der Waals surface area contributed by atoms with Gasteiger partial charge in [0.1, 0.15) is 0 Å². The Morgan fingerprint density at radius 1 is 1.53 bits per heavy atom. The fourth-order valence-electron chi connectivity index (χ4n) is 1.61. The topological polar surface area (TPSA) is 86.7 Å². The molecule has 102 valence electrons. The standard InChI is InChI=1S/C11H14ClN5OS/c1-7(19(2)18)6-17-11(14-15-16-17)9-4-3-8(12)5-10(9)13/h3-5,7H,6,13H2,1-2H3. The molecule has 2 rings (SSSR count). The first kappa shape index (κ1) is 14.0. The zero-order valence-electron chi connectivity index (χ0n) is 10.6. The number of nitrogens with zero attached hydrogens (tertiary/aromatic N) is 4. The summed E-state index contributed by atoms with van der Waals surface area (Å²) in [6, 6.07) is 5.15. The van der Waals surface area contributed by atoms with Gasteiger partial charge in [0, 0.05) is 33.3 Å². The molecular weight excluding hydrogens is 286 g/mol. The Labute approximate surface area is 118 Å². The van der Waals surface area contributed by atoms with Crippen molar-refractivity contribution in [3.63, 3.8) is 0 Å². The lowest BCUT2D eigenvalue weighted by atomic mass is 10.1. The van der Waals surface area contributed by atoms with Crippen LogP contribution in [0.5, 0.6) is 0 Å². The molecule has 0 saturated carbocycles. The van der Waals surface area contributed by atoms with Gasteiger partial charge < -0.3 is 5.73 Å². The summed E-state index contributed by atoms with van der Waals surface area (Å²) in [6.45, 7) is 2.35. The summed E-state index contributed by atoms with van der Waals surface area (Å²) < 4.78 is 13.0. The van der Waals surface area contributed by atoms with Gasteiger partial charge in [-0.2, -0.15) is 0 Å². The second-order valence-corrected chi connectivity index (χ2v) is 6.46. The van der Waals surface area contributed by atoms with E-state index in [4.69, 9.17) is 17.3 Å². The van der Waals surface area contributed by atoms with Crippen molar-refractivity contribution in [2.45, 2.75) is 18.7 Å². The lowest BCUT2D eigenvalue weighted by Crippen LogP contribution is -2.19. The van der Waals surface area contributed by atoms with E-state index < -0.39 is 10.8 Å². The molecule has 2 N–H and O–H groups in total. The van der Waals surface area contributed by atoms with Crippen LogP contribution in [0, 0.1) is 0 Å². The van der Waals surface area contributed by atoms with Crippen LogP contribution in [0.4, 0.5) is 5.69 Å². The average Bonchev–Trinajstić information content (AvgIpc) is 2.77. The van der Waals surface area contributed by atoms with E-state index in [0.717, 1.165) is 0 Å². The van der Waals surface area contributed by atoms with Gasteiger partial charge in [-0.15, -0.1) is 5.10 Å². The van der Waals surface area contributed by atoms with Gasteiger partial charge in [0.2, 0.25) is 0 Å². The number of hydrogen-bond acceptors (Lipinski definition) is 5. The highest BCUT2D eigenvalue weighted by atomic mass is 35.5. The van der Waals surface area contributed by atoms with Crippen molar-refractivity contribution < 1.29 is 4.21 Å². The van der Waals surface area contributed by atoms with Crippen LogP contribution in [0.2, 0.25) is 5.02 Å². The number of aromatic nitrogens is 4. The molecule has 0 saturated heterocycles. The molecule has 8 heteroatoms. The number of hydrogen-bond donors (Lipinski definition) is 1. The first-order chi connectivity index (χ1) is 8.99. The van der Waals surface area contributed by atoms with Crippen LogP contribution >= 0.6 is 11.6 Å². The van der Waals surface area contributed by atoms with E-state index in [0.29, 0.717) is 28.6 Å². The van der Waals surface area contributed by atoms with Crippen molar-refractivity contribution in [2.75, 3.05) is 12.0 Å². The van der Waals surface area contributed by atoms with Gasteiger partial charge in [0.05, 0.1) is 11.8 Å². The number of tetrazole rings is 1. The minimum absolute atomic E-state index is 0.0456. The molecule has 1 aromatic heterocycles. The molecule has 1 aromatic carbocycles. The summed E-state index contributed by atoms with van der Waals surface area (Å²) >= 11 is 5.87. The van der Waals surface area contributed by atoms with Gasteiger partial charge in [-0.1, -0.05) is 11.6 Å². The molecule has 1 heterocycles. The molecule has 2 aromatic rings. The summed E-state index contributed by atoms with van der Waals surface area (Å²) in [7, 11) is -0.937. The first-order valence-electron chi connectivity index (χ1n) is 5.63. The second kappa shape index (κ2) is 5.66. The van der Waals surface area contributed by atoms with Crippen LogP contribution in [0.1, 0.15) is 6.92 Å². The first-order valence-corrected chi connectivity index (χ1v) is 7.62. The van der Waals surface area contributed by atoms with Crippen LogP contribution in [-0.4, -0.2) is 35.9 Å². The normalized spacial score (nSPS) is 14.3. The number of anilines is 1. The number of nitrogens with two attached hydrogens (primary N) is 1. The lowest BCUT2D eigenvalue weighted by molar-refractivity contribution is 0.579. The SMILES string of the molecule is CC(Cn1nnnc1-c1ccc(Cl)cc1N)S(C)=O. The zero-order valence-corrected chi connectivity index (χ0v) is 12.1. The maximum atomic E-state index is 11.4. The van der Waals surface area contributed by atoms with Gasteiger partial charge in [-0.3, -0.25) is 4.21 Å². The molecule has 6 nitrogen and oxygen atoms in total. The zero-order chi connectivity index (χ0) is 14.0. The Balaban J connectivity index is 2.36. The summed E-state index contributed by atoms with van der Waals surface area (Å²) in [5, 5.41) is 12.0. The Morgan fingerprint density at radius 2 is 2.26 bits per heavy atom. The van der Waals surface area contributed by atoms with Crippen LogP contribution in [0.25, 0.3) is 11.4 Å². The third-order valence-electron chi connectivity index (χ3n) is 2.78. The highest BCUT2D eigenvalue weighted by Crippen LogP contribution is 2.26. The second-order valence-electron chi connectivity index (χ2n) is 4.23. The molecule has 0 aliphatic heterocycles. The molecule has 0 spiro atoms. The molecular formula is C11H14ClN5OS. The Bertz CT molecular complexity index is 615. The number of nitrogen functional groups attached to an aromatic ring is 1. The van der Waals surface area contributed by atoms with Crippen molar-refractivity contribution in [1.82, 2.24) is 20.2 Å². The van der Waals surface area contributed by atoms with Gasteiger partial charge in [-0.05, 0) is 35.5 Å². The maximum absolute atomic E-state index is 11.4. The highest BCUT2D eigenvalue weighted by Gasteiger charge is 2.15. The van der Waals surface area contributed by atoms with Crippen LogP contribution in [-0.2, 0) is 17.3 Å². The largest absolute Gasteiger partial charge is 0.398 e. The molecule has 19 heavy (non-hydrogen) atoms. The van der Waals surface area contributed by atoms with E-state index in [9.17, 15) is 4.21 Å². The van der Waals surface area contributed by atoms with Gasteiger partial charge >= 0.3 is 0 Å². The fraction of sp³-hybridized carbons (Fsp3) is 0.364. The third kappa shape index (κ3) is 3.10. The monoisotopic (exact) mass is 299 g/mol. The summed E-state index contributed by atoms with van der Waals surface area (Å²) in [5.74, 6) is 0.548. The van der Waals surface area contributed by atoms with E-state index in [1.807, 2.05) is 6.92 Å². The fourth-order valence-corrected chi connectivity index (χ4v) is 2.14.